The highest BCUT2D eigenvalue weighted by atomic mass is 35.5. The van der Waals surface area contributed by atoms with Crippen molar-refractivity contribution < 1.29 is 4.42 Å². The maximum absolute atomic E-state index is 6.13. The quantitative estimate of drug-likeness (QED) is 0.685. The second kappa shape index (κ2) is 4.82. The van der Waals surface area contributed by atoms with Gasteiger partial charge in [-0.2, -0.15) is 0 Å². The predicted molar refractivity (Wildman–Crippen MR) is 91.1 cm³/mol. The average molecular weight is 329 g/mol. The predicted octanol–water partition coefficient (Wildman–Crippen LogP) is 3.31. The van der Waals surface area contributed by atoms with Gasteiger partial charge in [0.25, 0.3) is 0 Å². The van der Waals surface area contributed by atoms with Gasteiger partial charge in [-0.1, -0.05) is 11.6 Å². The number of aromatic nitrogens is 2. The standard InChI is InChI=1S/C17H17ClN4O/c1-21-11-3-4-12(21)8-22(7-11)17-16-15(19-9-20-17)13-6-10(18)2-5-14(13)23-16/h2,5-6,9,11-12H,3-4,7-8H2,1H3. The normalized spacial score (nSPS) is 24.9. The van der Waals surface area contributed by atoms with E-state index >= 15 is 0 Å². The second-order valence-corrected chi connectivity index (χ2v) is 7.01. The summed E-state index contributed by atoms with van der Waals surface area (Å²) >= 11 is 6.13. The van der Waals surface area contributed by atoms with Gasteiger partial charge >= 0.3 is 0 Å². The minimum absolute atomic E-state index is 0.609. The number of halogens is 1. The summed E-state index contributed by atoms with van der Waals surface area (Å²) in [7, 11) is 2.23. The Bertz CT molecular complexity index is 894. The fraction of sp³-hybridized carbons (Fsp3) is 0.412. The molecule has 0 spiro atoms. The molecule has 0 saturated carbocycles. The molecular formula is C17H17ClN4O. The summed E-state index contributed by atoms with van der Waals surface area (Å²) in [6.45, 7) is 1.99. The Kier molecular flexibility index (Phi) is 2.85. The van der Waals surface area contributed by atoms with Gasteiger partial charge < -0.3 is 9.32 Å². The number of fused-ring (bicyclic) bond motifs is 5. The highest BCUT2D eigenvalue weighted by Crippen LogP contribution is 2.36. The van der Waals surface area contributed by atoms with Gasteiger partial charge in [0, 0.05) is 35.6 Å². The number of anilines is 1. The smallest absolute Gasteiger partial charge is 0.196 e. The minimum atomic E-state index is 0.609. The summed E-state index contributed by atoms with van der Waals surface area (Å²) in [6.07, 6.45) is 4.16. The van der Waals surface area contributed by atoms with Gasteiger partial charge in [-0.05, 0) is 38.1 Å². The number of hydrogen-bond acceptors (Lipinski definition) is 5. The number of furan rings is 1. The van der Waals surface area contributed by atoms with E-state index in [1.807, 2.05) is 18.2 Å². The van der Waals surface area contributed by atoms with Crippen LogP contribution in [0.2, 0.25) is 5.02 Å². The van der Waals surface area contributed by atoms with E-state index in [2.05, 4.69) is 26.8 Å². The number of rotatable bonds is 1. The van der Waals surface area contributed by atoms with Gasteiger partial charge in [0.15, 0.2) is 11.4 Å². The number of likely N-dealkylation sites (N-methyl/N-ethyl adjacent to an activating group) is 1. The molecular weight excluding hydrogens is 312 g/mol. The van der Waals surface area contributed by atoms with E-state index in [1.165, 1.54) is 12.8 Å². The Balaban J connectivity index is 1.66. The van der Waals surface area contributed by atoms with Crippen molar-refractivity contribution in [1.82, 2.24) is 14.9 Å². The van der Waals surface area contributed by atoms with Gasteiger partial charge in [-0.15, -0.1) is 0 Å². The van der Waals surface area contributed by atoms with Crippen molar-refractivity contribution in [2.45, 2.75) is 24.9 Å². The van der Waals surface area contributed by atoms with Crippen LogP contribution in [0.1, 0.15) is 12.8 Å². The van der Waals surface area contributed by atoms with Crippen molar-refractivity contribution >= 4 is 39.5 Å². The monoisotopic (exact) mass is 328 g/mol. The highest BCUT2D eigenvalue weighted by Gasteiger charge is 2.38. The van der Waals surface area contributed by atoms with E-state index in [4.69, 9.17) is 16.0 Å². The molecule has 2 aliphatic rings. The van der Waals surface area contributed by atoms with Crippen LogP contribution < -0.4 is 4.90 Å². The third kappa shape index (κ3) is 1.96. The van der Waals surface area contributed by atoms with Crippen LogP contribution in [0.4, 0.5) is 5.82 Å². The number of hydrogen-bond donors (Lipinski definition) is 0. The van der Waals surface area contributed by atoms with E-state index in [-0.39, 0.29) is 0 Å². The van der Waals surface area contributed by atoms with Crippen LogP contribution in [-0.4, -0.2) is 47.1 Å². The highest BCUT2D eigenvalue weighted by molar-refractivity contribution is 6.31. The molecule has 6 heteroatoms. The van der Waals surface area contributed by atoms with E-state index in [1.54, 1.807) is 6.33 Å². The summed E-state index contributed by atoms with van der Waals surface area (Å²) < 4.78 is 6.07. The zero-order valence-electron chi connectivity index (χ0n) is 12.9. The minimum Gasteiger partial charge on any atom is -0.450 e. The molecule has 5 rings (SSSR count). The van der Waals surface area contributed by atoms with E-state index in [0.29, 0.717) is 17.1 Å². The largest absolute Gasteiger partial charge is 0.450 e. The zero-order chi connectivity index (χ0) is 15.6. The van der Waals surface area contributed by atoms with Crippen molar-refractivity contribution in [1.29, 1.82) is 0 Å². The Labute approximate surface area is 138 Å². The fourth-order valence-corrected chi connectivity index (χ4v) is 4.22. The lowest BCUT2D eigenvalue weighted by Crippen LogP contribution is -2.52. The van der Waals surface area contributed by atoms with E-state index in [9.17, 15) is 0 Å². The van der Waals surface area contributed by atoms with Crippen LogP contribution in [-0.2, 0) is 0 Å². The molecule has 118 valence electrons. The molecule has 23 heavy (non-hydrogen) atoms. The van der Waals surface area contributed by atoms with Crippen LogP contribution in [0.5, 0.6) is 0 Å². The third-order valence-electron chi connectivity index (χ3n) is 5.34. The molecule has 4 heterocycles. The molecule has 3 aromatic rings. The molecule has 5 nitrogen and oxygen atoms in total. The lowest BCUT2D eigenvalue weighted by molar-refractivity contribution is 0.212. The van der Waals surface area contributed by atoms with Crippen molar-refractivity contribution in [3.63, 3.8) is 0 Å². The average Bonchev–Trinajstić information content (AvgIpc) is 2.99. The van der Waals surface area contributed by atoms with Crippen molar-refractivity contribution in [2.75, 3.05) is 25.0 Å². The van der Waals surface area contributed by atoms with Crippen LogP contribution in [0.3, 0.4) is 0 Å². The van der Waals surface area contributed by atoms with Crippen LogP contribution in [0, 0.1) is 0 Å². The summed E-state index contributed by atoms with van der Waals surface area (Å²) in [5.74, 6) is 0.910. The molecule has 0 aliphatic carbocycles. The van der Waals surface area contributed by atoms with Crippen molar-refractivity contribution in [3.8, 4) is 0 Å². The second-order valence-electron chi connectivity index (χ2n) is 6.57. The van der Waals surface area contributed by atoms with Gasteiger partial charge in [0.1, 0.15) is 17.4 Å². The molecule has 0 N–H and O–H groups in total. The first-order valence-electron chi connectivity index (χ1n) is 8.00. The summed E-state index contributed by atoms with van der Waals surface area (Å²) in [5, 5.41) is 1.64. The molecule has 2 unspecified atom stereocenters. The van der Waals surface area contributed by atoms with Gasteiger partial charge in [0.05, 0.1) is 0 Å². The Morgan fingerprint density at radius 2 is 1.96 bits per heavy atom. The van der Waals surface area contributed by atoms with E-state index < -0.39 is 0 Å². The number of nitrogens with zero attached hydrogens (tertiary/aromatic N) is 4. The summed E-state index contributed by atoms with van der Waals surface area (Å²) in [5.41, 5.74) is 2.43. The Hall–Kier alpha value is -1.85. The first kappa shape index (κ1) is 13.6. The lowest BCUT2D eigenvalue weighted by atomic mass is 10.2. The topological polar surface area (TPSA) is 45.4 Å². The van der Waals surface area contributed by atoms with Crippen LogP contribution in [0.25, 0.3) is 22.1 Å². The van der Waals surface area contributed by atoms with Crippen molar-refractivity contribution in [2.24, 2.45) is 0 Å². The third-order valence-corrected chi connectivity index (χ3v) is 5.58. The lowest BCUT2D eigenvalue weighted by Gasteiger charge is -2.39. The summed E-state index contributed by atoms with van der Waals surface area (Å²) in [4.78, 5) is 13.8. The van der Waals surface area contributed by atoms with Crippen molar-refractivity contribution in [3.05, 3.63) is 29.5 Å². The Morgan fingerprint density at radius 1 is 1.17 bits per heavy atom. The molecule has 1 aromatic carbocycles. The fourth-order valence-electron chi connectivity index (χ4n) is 4.05. The first-order valence-corrected chi connectivity index (χ1v) is 8.38. The SMILES string of the molecule is CN1C2CCC1CN(c1ncnc3c1oc1ccc(Cl)cc13)C2. The molecule has 2 aromatic heterocycles. The number of piperazine rings is 1. The molecule has 2 fully saturated rings. The molecule has 2 bridgehead atoms. The number of benzene rings is 1. The van der Waals surface area contributed by atoms with Gasteiger partial charge in [-0.3, -0.25) is 4.90 Å². The molecule has 2 atom stereocenters. The maximum atomic E-state index is 6.13. The maximum Gasteiger partial charge on any atom is 0.196 e. The van der Waals surface area contributed by atoms with Crippen LogP contribution in [0.15, 0.2) is 28.9 Å². The Morgan fingerprint density at radius 3 is 2.74 bits per heavy atom. The molecule has 2 saturated heterocycles. The van der Waals surface area contributed by atoms with Crippen LogP contribution >= 0.6 is 11.6 Å². The van der Waals surface area contributed by atoms with Gasteiger partial charge in [0.2, 0.25) is 0 Å². The van der Waals surface area contributed by atoms with E-state index in [0.717, 1.165) is 41.0 Å². The molecule has 0 amide bonds. The summed E-state index contributed by atoms with van der Waals surface area (Å²) in [6, 6.07) is 6.87. The van der Waals surface area contributed by atoms with Gasteiger partial charge in [-0.25, -0.2) is 9.97 Å². The zero-order valence-corrected chi connectivity index (χ0v) is 13.6. The molecule has 2 aliphatic heterocycles. The molecule has 0 radical (unpaired) electrons. The first-order chi connectivity index (χ1) is 11.2.